The summed E-state index contributed by atoms with van der Waals surface area (Å²) >= 11 is 0. The molecule has 0 atom stereocenters. The molecule has 0 aromatic carbocycles. The summed E-state index contributed by atoms with van der Waals surface area (Å²) in [5.74, 6) is 1.57. The first-order valence-electron chi connectivity index (χ1n) is 7.49. The van der Waals surface area contributed by atoms with Gasteiger partial charge in [0.1, 0.15) is 5.82 Å². The summed E-state index contributed by atoms with van der Waals surface area (Å²) in [4.78, 5) is 0. The van der Waals surface area contributed by atoms with Crippen molar-refractivity contribution < 1.29 is 23.1 Å². The Labute approximate surface area is 123 Å². The van der Waals surface area contributed by atoms with Gasteiger partial charge in [-0.3, -0.25) is 4.57 Å². The van der Waals surface area contributed by atoms with Crippen LogP contribution in [0.25, 0.3) is 0 Å². The second-order valence-electron chi connectivity index (χ2n) is 4.23. The molecule has 0 rings (SSSR count). The van der Waals surface area contributed by atoms with Crippen molar-refractivity contribution in [2.45, 2.75) is 53.4 Å². The van der Waals surface area contributed by atoms with Gasteiger partial charge in [-0.15, -0.1) is 0 Å². The van der Waals surface area contributed by atoms with Gasteiger partial charge in [-0.1, -0.05) is 26.7 Å². The Bertz CT molecular complexity index is 282. The number of unbranched alkanes of at least 4 members (excludes halogenated alkanes) is 2. The minimum Gasteiger partial charge on any atom is -0.466 e. The molecule has 6 heteroatoms. The number of hydrogen-bond donors (Lipinski definition) is 0. The van der Waals surface area contributed by atoms with Gasteiger partial charge in [-0.05, 0) is 26.7 Å². The molecule has 0 radical (unpaired) electrons. The van der Waals surface area contributed by atoms with E-state index in [-0.39, 0.29) is 5.95 Å². The molecule has 0 aromatic rings. The highest BCUT2D eigenvalue weighted by Crippen LogP contribution is 2.51. The van der Waals surface area contributed by atoms with E-state index in [0.29, 0.717) is 26.4 Å². The van der Waals surface area contributed by atoms with Crippen LogP contribution in [0, 0.1) is 0 Å². The van der Waals surface area contributed by atoms with E-state index in [9.17, 15) is 4.57 Å². The molecule has 20 heavy (non-hydrogen) atoms. The zero-order valence-corrected chi connectivity index (χ0v) is 14.1. The van der Waals surface area contributed by atoms with Crippen molar-refractivity contribution in [3.63, 3.8) is 0 Å². The summed E-state index contributed by atoms with van der Waals surface area (Å²) in [7, 11) is -3.31. The number of rotatable bonds is 13. The Balaban J connectivity index is 4.76. The van der Waals surface area contributed by atoms with Gasteiger partial charge in [0.15, 0.2) is 0 Å². The van der Waals surface area contributed by atoms with Gasteiger partial charge in [0.05, 0.1) is 26.4 Å². The van der Waals surface area contributed by atoms with E-state index in [1.165, 1.54) is 5.82 Å². The molecule has 0 saturated carbocycles. The molecule has 0 bridgehead atoms. The molecule has 0 spiro atoms. The van der Waals surface area contributed by atoms with Crippen molar-refractivity contribution in [3.05, 3.63) is 11.8 Å². The highest BCUT2D eigenvalue weighted by atomic mass is 31.2. The van der Waals surface area contributed by atoms with Gasteiger partial charge in [-0.2, -0.15) is 0 Å². The van der Waals surface area contributed by atoms with E-state index in [2.05, 4.69) is 0 Å². The van der Waals surface area contributed by atoms with Crippen LogP contribution in [0.4, 0.5) is 0 Å². The third-order valence-electron chi connectivity index (χ3n) is 2.37. The second-order valence-corrected chi connectivity index (χ2v) is 6.08. The average Bonchev–Trinajstić information content (AvgIpc) is 2.40. The van der Waals surface area contributed by atoms with Gasteiger partial charge in [0, 0.05) is 0 Å². The molecular weight excluding hydrogens is 279 g/mol. The van der Waals surface area contributed by atoms with E-state index in [4.69, 9.17) is 18.5 Å². The molecular formula is C14H29O5P. The van der Waals surface area contributed by atoms with E-state index in [1.54, 1.807) is 0 Å². The van der Waals surface area contributed by atoms with Crippen molar-refractivity contribution in [1.29, 1.82) is 0 Å². The monoisotopic (exact) mass is 308 g/mol. The van der Waals surface area contributed by atoms with E-state index >= 15 is 0 Å². The maximum absolute atomic E-state index is 12.6. The van der Waals surface area contributed by atoms with Crippen LogP contribution in [0.3, 0.4) is 0 Å². The summed E-state index contributed by atoms with van der Waals surface area (Å²) in [6, 6.07) is 0. The van der Waals surface area contributed by atoms with Crippen molar-refractivity contribution in [1.82, 2.24) is 0 Å². The zero-order valence-electron chi connectivity index (χ0n) is 13.2. The van der Waals surface area contributed by atoms with Gasteiger partial charge in [-0.25, -0.2) is 0 Å². The van der Waals surface area contributed by atoms with Crippen LogP contribution in [0.5, 0.6) is 0 Å². The molecule has 0 amide bonds. The number of hydrogen-bond acceptors (Lipinski definition) is 5. The van der Waals surface area contributed by atoms with Gasteiger partial charge >= 0.3 is 7.60 Å². The fourth-order valence-electron chi connectivity index (χ4n) is 1.31. The maximum atomic E-state index is 12.6. The van der Waals surface area contributed by atoms with Crippen molar-refractivity contribution in [2.24, 2.45) is 0 Å². The normalized spacial score (nSPS) is 11.2. The van der Waals surface area contributed by atoms with Crippen LogP contribution in [0.2, 0.25) is 0 Å². The van der Waals surface area contributed by atoms with Crippen LogP contribution in [0.15, 0.2) is 11.8 Å². The lowest BCUT2D eigenvalue weighted by Gasteiger charge is -2.17. The second kappa shape index (κ2) is 12.2. The highest BCUT2D eigenvalue weighted by Gasteiger charge is 2.24. The molecule has 0 heterocycles. The minimum atomic E-state index is -3.31. The number of ether oxygens (including phenoxy) is 2. The van der Waals surface area contributed by atoms with E-state index < -0.39 is 7.60 Å². The average molecular weight is 308 g/mol. The fourth-order valence-corrected chi connectivity index (χ4v) is 2.71. The molecule has 120 valence electrons. The third kappa shape index (κ3) is 9.40. The lowest BCUT2D eigenvalue weighted by molar-refractivity contribution is 0.0465. The SMILES string of the molecule is CCCCOP(=O)(C=C(OCC)OCC)OCCCC. The molecule has 0 aromatic heterocycles. The van der Waals surface area contributed by atoms with Crippen LogP contribution in [-0.2, 0) is 23.1 Å². The maximum Gasteiger partial charge on any atom is 0.361 e. The van der Waals surface area contributed by atoms with Gasteiger partial charge in [0.2, 0.25) is 0 Å². The standard InChI is InChI=1S/C14H29O5P/c1-5-9-11-18-20(15,19-12-10-6-2)13-14(16-7-3)17-8-4/h13H,5-12H2,1-4H3. The Morgan fingerprint density at radius 2 is 1.35 bits per heavy atom. The van der Waals surface area contributed by atoms with Crippen molar-refractivity contribution in [2.75, 3.05) is 26.4 Å². The van der Waals surface area contributed by atoms with Gasteiger partial charge in [0.25, 0.3) is 5.95 Å². The van der Waals surface area contributed by atoms with Gasteiger partial charge < -0.3 is 18.5 Å². The first kappa shape index (κ1) is 19.5. The Hall–Kier alpha value is -0.510. The molecule has 0 fully saturated rings. The van der Waals surface area contributed by atoms with E-state index in [0.717, 1.165) is 25.7 Å². The predicted octanol–water partition coefficient (Wildman–Crippen LogP) is 4.68. The Morgan fingerprint density at radius 1 is 0.900 bits per heavy atom. The molecule has 0 aliphatic carbocycles. The fraction of sp³-hybridized carbons (Fsp3) is 0.857. The molecule has 0 saturated heterocycles. The van der Waals surface area contributed by atoms with Crippen molar-refractivity contribution >= 4 is 7.60 Å². The largest absolute Gasteiger partial charge is 0.466 e. The molecule has 5 nitrogen and oxygen atoms in total. The Kier molecular flexibility index (Phi) is 11.9. The van der Waals surface area contributed by atoms with Crippen LogP contribution < -0.4 is 0 Å². The summed E-state index contributed by atoms with van der Waals surface area (Å²) in [5, 5.41) is 0. The zero-order chi connectivity index (χ0) is 15.3. The summed E-state index contributed by atoms with van der Waals surface area (Å²) < 4.78 is 34.1. The Morgan fingerprint density at radius 3 is 1.70 bits per heavy atom. The first-order valence-corrected chi connectivity index (χ1v) is 9.10. The summed E-state index contributed by atoms with van der Waals surface area (Å²) in [6.45, 7) is 9.47. The van der Waals surface area contributed by atoms with Crippen LogP contribution in [0.1, 0.15) is 53.4 Å². The van der Waals surface area contributed by atoms with Crippen LogP contribution >= 0.6 is 7.60 Å². The molecule has 0 N–H and O–H groups in total. The topological polar surface area (TPSA) is 54.0 Å². The lowest BCUT2D eigenvalue weighted by atomic mass is 10.4. The van der Waals surface area contributed by atoms with Crippen LogP contribution in [-0.4, -0.2) is 26.4 Å². The third-order valence-corrected chi connectivity index (χ3v) is 3.99. The van der Waals surface area contributed by atoms with E-state index in [1.807, 2.05) is 27.7 Å². The molecule has 0 aliphatic heterocycles. The molecule has 0 aliphatic rings. The highest BCUT2D eigenvalue weighted by molar-refractivity contribution is 7.57. The van der Waals surface area contributed by atoms with Crippen molar-refractivity contribution in [3.8, 4) is 0 Å². The quantitative estimate of drug-likeness (QED) is 0.281. The first-order chi connectivity index (χ1) is 9.61. The smallest absolute Gasteiger partial charge is 0.361 e. The molecule has 0 unspecified atom stereocenters. The lowest BCUT2D eigenvalue weighted by Crippen LogP contribution is -2.02. The summed E-state index contributed by atoms with van der Waals surface area (Å²) in [6.07, 6.45) is 3.63. The predicted molar refractivity (Wildman–Crippen MR) is 80.7 cm³/mol. The summed E-state index contributed by atoms with van der Waals surface area (Å²) in [5.41, 5.74) is 0. The minimum absolute atomic E-state index is 0.214.